The molecule has 12 nitrogen and oxygen atoms in total. The molecule has 2 unspecified atom stereocenters. The van der Waals surface area contributed by atoms with Gasteiger partial charge in [0.05, 0.1) is 0 Å². The fraction of sp³-hybridized carbons (Fsp3) is 0.444. The second kappa shape index (κ2) is 17.7. The molecule has 2 aromatic rings. The van der Waals surface area contributed by atoms with Crippen molar-refractivity contribution in [1.82, 2.24) is 31.5 Å². The van der Waals surface area contributed by atoms with E-state index in [2.05, 4.69) is 26.6 Å². The summed E-state index contributed by atoms with van der Waals surface area (Å²) in [7, 11) is 0. The standard InChI is InChI=1S/C36H46N6O6S/c1-22(2)19-30-35(47)38-26(16-18-49-4)32(44)37-23(3)31(43)40-28(20-24-11-7-5-8-12-24)34(46)41-29(21-25-13-9-6-10-14-25)33(45)39-27-15-17-42(30)36(27)48/h5-15,17,22-23,26-30H,16,18-21H2,1-4H3,(H,37,44)(H,38,47)(H,39,45)(H,40,43)(H,41,46)/t23?,26-,27?,28-,29+,30+/m1/s1. The average molecular weight is 691 g/mol. The van der Waals surface area contributed by atoms with Gasteiger partial charge in [0.1, 0.15) is 36.3 Å². The van der Waals surface area contributed by atoms with Crippen molar-refractivity contribution in [3.63, 3.8) is 0 Å². The van der Waals surface area contributed by atoms with E-state index in [0.717, 1.165) is 11.1 Å². The first-order chi connectivity index (χ1) is 23.5. The van der Waals surface area contributed by atoms with E-state index in [-0.39, 0.29) is 25.2 Å². The summed E-state index contributed by atoms with van der Waals surface area (Å²) >= 11 is 1.50. The van der Waals surface area contributed by atoms with Gasteiger partial charge >= 0.3 is 0 Å². The molecule has 262 valence electrons. The Kier molecular flexibility index (Phi) is 13.4. The molecule has 1 saturated heterocycles. The van der Waals surface area contributed by atoms with Gasteiger partial charge in [-0.3, -0.25) is 28.8 Å². The summed E-state index contributed by atoms with van der Waals surface area (Å²) in [6.07, 6.45) is 5.68. The smallest absolute Gasteiger partial charge is 0.253 e. The first-order valence-electron chi connectivity index (χ1n) is 16.6. The number of carbonyl (C=O) groups is 6. The SMILES string of the molecule is CSCC[C@H]1NC(=O)[C@H](CC(C)C)N2C=CC(NC(=O)[C@H](Cc3ccccc3)NC(=O)[C@@H](Cc3ccccc3)NC(=O)C(C)NC1=O)C2=O. The molecule has 13 heteroatoms. The Morgan fingerprint density at radius 2 is 1.18 bits per heavy atom. The van der Waals surface area contributed by atoms with Gasteiger partial charge in [0.2, 0.25) is 29.5 Å². The highest BCUT2D eigenvalue weighted by Gasteiger charge is 2.39. The second-order valence-electron chi connectivity index (χ2n) is 12.8. The van der Waals surface area contributed by atoms with E-state index in [0.29, 0.717) is 12.2 Å². The van der Waals surface area contributed by atoms with Crippen LogP contribution in [0.15, 0.2) is 72.9 Å². The topological polar surface area (TPSA) is 166 Å². The minimum atomic E-state index is -1.11. The van der Waals surface area contributed by atoms with E-state index in [1.54, 1.807) is 0 Å². The normalized spacial score (nSPS) is 25.5. The summed E-state index contributed by atoms with van der Waals surface area (Å²) in [6, 6.07) is 11.9. The van der Waals surface area contributed by atoms with Crippen molar-refractivity contribution < 1.29 is 28.8 Å². The molecule has 6 amide bonds. The molecule has 0 spiro atoms. The molecule has 1 fully saturated rings. The predicted octanol–water partition coefficient (Wildman–Crippen LogP) is 1.45. The Labute approximate surface area is 291 Å². The Hall–Kier alpha value is -4.65. The molecule has 0 radical (unpaired) electrons. The fourth-order valence-electron chi connectivity index (χ4n) is 5.75. The Bertz CT molecular complexity index is 1520. The quantitative estimate of drug-likeness (QED) is 0.266. The number of amides is 6. The van der Waals surface area contributed by atoms with Crippen LogP contribution >= 0.6 is 11.8 Å². The summed E-state index contributed by atoms with van der Waals surface area (Å²) in [5.74, 6) is -2.84. The van der Waals surface area contributed by atoms with Crippen LogP contribution in [0.2, 0.25) is 0 Å². The molecule has 0 aromatic heterocycles. The molecule has 49 heavy (non-hydrogen) atoms. The van der Waals surface area contributed by atoms with Gasteiger partial charge in [-0.1, -0.05) is 74.5 Å². The van der Waals surface area contributed by atoms with Crippen molar-refractivity contribution in [2.45, 2.75) is 82.7 Å². The van der Waals surface area contributed by atoms with Crippen LogP contribution in [0.5, 0.6) is 0 Å². The van der Waals surface area contributed by atoms with E-state index >= 15 is 0 Å². The summed E-state index contributed by atoms with van der Waals surface area (Å²) in [6.45, 7) is 5.34. The minimum absolute atomic E-state index is 0.0138. The van der Waals surface area contributed by atoms with Gasteiger partial charge in [-0.25, -0.2) is 0 Å². The molecule has 2 aromatic carbocycles. The van der Waals surface area contributed by atoms with Gasteiger partial charge in [0, 0.05) is 19.0 Å². The van der Waals surface area contributed by atoms with Crippen molar-refractivity contribution in [2.75, 3.05) is 12.0 Å². The number of hydrogen-bond donors (Lipinski definition) is 5. The lowest BCUT2D eigenvalue weighted by atomic mass is 10.0. The van der Waals surface area contributed by atoms with Crippen LogP contribution in [0.25, 0.3) is 0 Å². The van der Waals surface area contributed by atoms with E-state index < -0.39 is 71.7 Å². The molecule has 5 N–H and O–H groups in total. The number of fused-ring (bicyclic) bond motifs is 2. The third-order valence-electron chi connectivity index (χ3n) is 8.42. The van der Waals surface area contributed by atoms with Gasteiger partial charge in [-0.2, -0.15) is 11.8 Å². The Balaban J connectivity index is 1.71. The maximum absolute atomic E-state index is 13.9. The highest BCUT2D eigenvalue weighted by molar-refractivity contribution is 7.98. The molecular weight excluding hydrogens is 644 g/mol. The van der Waals surface area contributed by atoms with Crippen molar-refractivity contribution in [2.24, 2.45) is 5.92 Å². The average Bonchev–Trinajstić information content (AvgIpc) is 3.43. The first-order valence-corrected chi connectivity index (χ1v) is 17.9. The summed E-state index contributed by atoms with van der Waals surface area (Å²) in [5, 5.41) is 13.8. The van der Waals surface area contributed by atoms with Crippen molar-refractivity contribution >= 4 is 47.2 Å². The highest BCUT2D eigenvalue weighted by Crippen LogP contribution is 2.20. The van der Waals surface area contributed by atoms with Crippen LogP contribution in [0.4, 0.5) is 0 Å². The molecule has 0 saturated carbocycles. The van der Waals surface area contributed by atoms with Crippen molar-refractivity contribution in [3.05, 3.63) is 84.1 Å². The van der Waals surface area contributed by atoms with Gasteiger partial charge in [0.15, 0.2) is 0 Å². The Morgan fingerprint density at radius 3 is 1.73 bits per heavy atom. The summed E-state index contributed by atoms with van der Waals surface area (Å²) in [5.41, 5.74) is 1.54. The van der Waals surface area contributed by atoms with Gasteiger partial charge in [0.25, 0.3) is 5.91 Å². The van der Waals surface area contributed by atoms with Crippen molar-refractivity contribution in [3.8, 4) is 0 Å². The third-order valence-corrected chi connectivity index (χ3v) is 9.06. The maximum Gasteiger partial charge on any atom is 0.253 e. The molecule has 2 bridgehead atoms. The molecule has 2 aliphatic heterocycles. The third kappa shape index (κ3) is 10.4. The zero-order chi connectivity index (χ0) is 35.5. The molecule has 0 aliphatic carbocycles. The fourth-order valence-corrected chi connectivity index (χ4v) is 6.22. The maximum atomic E-state index is 13.9. The number of rotatable bonds is 9. The lowest BCUT2D eigenvalue weighted by molar-refractivity contribution is -0.140. The van der Waals surface area contributed by atoms with Crippen LogP contribution in [0, 0.1) is 5.92 Å². The first kappa shape index (κ1) is 37.2. The number of nitrogens with zero attached hydrogens (tertiary/aromatic N) is 1. The summed E-state index contributed by atoms with van der Waals surface area (Å²) in [4.78, 5) is 83.5. The Morgan fingerprint density at radius 1 is 0.673 bits per heavy atom. The van der Waals surface area contributed by atoms with Gasteiger partial charge in [-0.15, -0.1) is 0 Å². The van der Waals surface area contributed by atoms with Crippen LogP contribution < -0.4 is 26.6 Å². The number of carbonyl (C=O) groups excluding carboxylic acids is 6. The van der Waals surface area contributed by atoms with Crippen LogP contribution in [-0.2, 0) is 41.6 Å². The van der Waals surface area contributed by atoms with Crippen LogP contribution in [0.1, 0.15) is 44.7 Å². The molecule has 4 rings (SSSR count). The number of thioether (sulfide) groups is 1. The van der Waals surface area contributed by atoms with Crippen LogP contribution in [0.3, 0.4) is 0 Å². The van der Waals surface area contributed by atoms with E-state index in [1.165, 1.54) is 35.9 Å². The number of benzene rings is 2. The van der Waals surface area contributed by atoms with Gasteiger partial charge in [-0.05, 0) is 54.9 Å². The molecule has 2 aliphatic rings. The largest absolute Gasteiger partial charge is 0.343 e. The number of nitrogens with one attached hydrogen (secondary N) is 5. The minimum Gasteiger partial charge on any atom is -0.343 e. The van der Waals surface area contributed by atoms with E-state index in [4.69, 9.17) is 0 Å². The second-order valence-corrected chi connectivity index (χ2v) is 13.8. The lowest BCUT2D eigenvalue weighted by Gasteiger charge is -2.30. The number of hydrogen-bond acceptors (Lipinski definition) is 7. The van der Waals surface area contributed by atoms with E-state index in [9.17, 15) is 28.8 Å². The lowest BCUT2D eigenvalue weighted by Crippen LogP contribution is -2.60. The van der Waals surface area contributed by atoms with Crippen LogP contribution in [-0.4, -0.2) is 88.6 Å². The zero-order valence-corrected chi connectivity index (χ0v) is 29.1. The highest BCUT2D eigenvalue weighted by atomic mass is 32.2. The zero-order valence-electron chi connectivity index (χ0n) is 28.3. The molecule has 6 atom stereocenters. The molecular formula is C36H46N6O6S. The van der Waals surface area contributed by atoms with Crippen molar-refractivity contribution in [1.29, 1.82) is 0 Å². The predicted molar refractivity (Wildman–Crippen MR) is 188 cm³/mol. The summed E-state index contributed by atoms with van der Waals surface area (Å²) < 4.78 is 0. The monoisotopic (exact) mass is 690 g/mol. The molecule has 2 heterocycles. The van der Waals surface area contributed by atoms with Gasteiger partial charge < -0.3 is 31.5 Å². The van der Waals surface area contributed by atoms with E-state index in [1.807, 2.05) is 80.8 Å².